The van der Waals surface area contributed by atoms with Crippen molar-refractivity contribution in [2.45, 2.75) is 13.0 Å². The molecule has 0 radical (unpaired) electrons. The van der Waals surface area contributed by atoms with Gasteiger partial charge in [-0.05, 0) is 48.0 Å². The molecule has 0 fully saturated rings. The first kappa shape index (κ1) is 20.9. The van der Waals surface area contributed by atoms with Crippen LogP contribution in [0, 0.1) is 0 Å². The molecule has 0 unspecified atom stereocenters. The van der Waals surface area contributed by atoms with Crippen molar-refractivity contribution in [2.75, 3.05) is 19.0 Å². The first-order chi connectivity index (χ1) is 13.5. The normalized spacial score (nSPS) is 10.7. The molecule has 0 heterocycles. The second-order valence-electron chi connectivity index (χ2n) is 5.60. The molecule has 0 bridgehead atoms. The number of nitrogens with one attached hydrogen (secondary N) is 2. The van der Waals surface area contributed by atoms with Gasteiger partial charge in [0.05, 0.1) is 7.11 Å². The van der Waals surface area contributed by atoms with Crippen molar-refractivity contribution in [1.29, 1.82) is 0 Å². The molecule has 28 heavy (non-hydrogen) atoms. The van der Waals surface area contributed by atoms with Crippen LogP contribution in [0.4, 0.5) is 14.5 Å². The van der Waals surface area contributed by atoms with Gasteiger partial charge in [0.2, 0.25) is 11.8 Å². The van der Waals surface area contributed by atoms with E-state index in [9.17, 15) is 18.4 Å². The average Bonchev–Trinajstić information content (AvgIpc) is 2.68. The molecule has 0 aromatic heterocycles. The maximum Gasteiger partial charge on any atom is 0.387 e. The van der Waals surface area contributed by atoms with Crippen molar-refractivity contribution >= 4 is 23.6 Å². The standard InChI is InChI=1S/C20H20F2N2O4/c1-27-16-7-2-14(3-8-16)4-11-18(25)23-13-12-19(26)24-15-5-9-17(10-6-15)28-20(21)22/h2-11,20H,12-13H2,1H3,(H,23,25)(H,24,26)/b11-4+. The lowest BCUT2D eigenvalue weighted by molar-refractivity contribution is -0.117. The molecule has 2 aromatic rings. The van der Waals surface area contributed by atoms with Crippen LogP contribution in [-0.4, -0.2) is 32.1 Å². The molecule has 0 aliphatic rings. The number of hydrogen-bond donors (Lipinski definition) is 2. The maximum absolute atomic E-state index is 12.1. The number of anilines is 1. The van der Waals surface area contributed by atoms with Crippen LogP contribution in [-0.2, 0) is 9.59 Å². The number of methoxy groups -OCH3 is 1. The minimum Gasteiger partial charge on any atom is -0.497 e. The molecule has 0 aliphatic heterocycles. The molecule has 6 nitrogen and oxygen atoms in total. The van der Waals surface area contributed by atoms with Gasteiger partial charge >= 0.3 is 6.61 Å². The summed E-state index contributed by atoms with van der Waals surface area (Å²) in [5, 5.41) is 5.21. The molecule has 2 amide bonds. The number of benzene rings is 2. The van der Waals surface area contributed by atoms with E-state index in [4.69, 9.17) is 4.74 Å². The van der Waals surface area contributed by atoms with Gasteiger partial charge in [-0.1, -0.05) is 12.1 Å². The van der Waals surface area contributed by atoms with Crippen molar-refractivity contribution < 1.29 is 27.8 Å². The number of carbonyl (C=O) groups is 2. The third-order valence-corrected chi connectivity index (χ3v) is 3.56. The van der Waals surface area contributed by atoms with Crippen LogP contribution in [0.2, 0.25) is 0 Å². The predicted octanol–water partition coefficient (Wildman–Crippen LogP) is 3.45. The summed E-state index contributed by atoms with van der Waals surface area (Å²) < 4.78 is 33.4. The van der Waals surface area contributed by atoms with Crippen LogP contribution in [0.15, 0.2) is 54.6 Å². The van der Waals surface area contributed by atoms with Gasteiger partial charge in [0.15, 0.2) is 0 Å². The Morgan fingerprint density at radius 3 is 2.29 bits per heavy atom. The summed E-state index contributed by atoms with van der Waals surface area (Å²) in [6.07, 6.45) is 3.09. The highest BCUT2D eigenvalue weighted by atomic mass is 19.3. The van der Waals surface area contributed by atoms with E-state index >= 15 is 0 Å². The van der Waals surface area contributed by atoms with Gasteiger partial charge in [0, 0.05) is 24.7 Å². The van der Waals surface area contributed by atoms with E-state index in [1.165, 1.54) is 30.3 Å². The summed E-state index contributed by atoms with van der Waals surface area (Å²) in [6.45, 7) is -2.74. The van der Waals surface area contributed by atoms with Crippen LogP contribution in [0.5, 0.6) is 11.5 Å². The van der Waals surface area contributed by atoms with E-state index in [0.29, 0.717) is 5.69 Å². The summed E-state index contributed by atoms with van der Waals surface area (Å²) in [6, 6.07) is 12.8. The van der Waals surface area contributed by atoms with Gasteiger partial charge in [-0.15, -0.1) is 0 Å². The molecule has 0 spiro atoms. The van der Waals surface area contributed by atoms with E-state index in [1.807, 2.05) is 12.1 Å². The lowest BCUT2D eigenvalue weighted by Crippen LogP contribution is -2.26. The third kappa shape index (κ3) is 7.45. The van der Waals surface area contributed by atoms with Gasteiger partial charge < -0.3 is 20.1 Å². The second kappa shape index (κ2) is 10.7. The number of carbonyl (C=O) groups excluding carboxylic acids is 2. The lowest BCUT2D eigenvalue weighted by atomic mass is 10.2. The number of amides is 2. The van der Waals surface area contributed by atoms with E-state index in [2.05, 4.69) is 15.4 Å². The van der Waals surface area contributed by atoms with Crippen molar-refractivity contribution in [3.8, 4) is 11.5 Å². The maximum atomic E-state index is 12.1. The van der Waals surface area contributed by atoms with Crippen LogP contribution in [0.3, 0.4) is 0 Å². The molecular weight excluding hydrogens is 370 g/mol. The Labute approximate surface area is 161 Å². The quantitative estimate of drug-likeness (QED) is 0.643. The van der Waals surface area contributed by atoms with E-state index in [0.717, 1.165) is 11.3 Å². The number of alkyl halides is 2. The summed E-state index contributed by atoms with van der Waals surface area (Å²) in [4.78, 5) is 23.6. The summed E-state index contributed by atoms with van der Waals surface area (Å²) >= 11 is 0. The van der Waals surface area contributed by atoms with Crippen LogP contribution in [0.25, 0.3) is 6.08 Å². The zero-order valence-corrected chi connectivity index (χ0v) is 15.2. The molecule has 0 aliphatic carbocycles. The lowest BCUT2D eigenvalue weighted by Gasteiger charge is -2.08. The summed E-state index contributed by atoms with van der Waals surface area (Å²) in [5.41, 5.74) is 1.28. The summed E-state index contributed by atoms with van der Waals surface area (Å²) in [5.74, 6) is 0.0896. The van der Waals surface area contributed by atoms with Gasteiger partial charge in [-0.2, -0.15) is 8.78 Å². The SMILES string of the molecule is COc1ccc(/C=C/C(=O)NCCC(=O)Nc2ccc(OC(F)F)cc2)cc1. The zero-order valence-electron chi connectivity index (χ0n) is 15.2. The third-order valence-electron chi connectivity index (χ3n) is 3.56. The van der Waals surface area contributed by atoms with Crippen LogP contribution < -0.4 is 20.1 Å². The Bertz CT molecular complexity index is 806. The van der Waals surface area contributed by atoms with Gasteiger partial charge in [-0.3, -0.25) is 9.59 Å². The molecule has 2 rings (SSSR count). The number of rotatable bonds is 9. The molecule has 0 saturated carbocycles. The first-order valence-electron chi connectivity index (χ1n) is 8.41. The Morgan fingerprint density at radius 2 is 1.68 bits per heavy atom. The van der Waals surface area contributed by atoms with Gasteiger partial charge in [0.25, 0.3) is 0 Å². The highest BCUT2D eigenvalue weighted by Crippen LogP contribution is 2.17. The van der Waals surface area contributed by atoms with E-state index in [1.54, 1.807) is 25.3 Å². The van der Waals surface area contributed by atoms with Crippen molar-refractivity contribution in [1.82, 2.24) is 5.32 Å². The van der Waals surface area contributed by atoms with Crippen molar-refractivity contribution in [3.05, 3.63) is 60.2 Å². The van der Waals surface area contributed by atoms with Gasteiger partial charge in [0.1, 0.15) is 11.5 Å². The predicted molar refractivity (Wildman–Crippen MR) is 101 cm³/mol. The smallest absolute Gasteiger partial charge is 0.387 e. The molecular formula is C20H20F2N2O4. The average molecular weight is 390 g/mol. The van der Waals surface area contributed by atoms with Crippen LogP contribution in [0.1, 0.15) is 12.0 Å². The molecule has 2 aromatic carbocycles. The monoisotopic (exact) mass is 390 g/mol. The van der Waals surface area contributed by atoms with Crippen molar-refractivity contribution in [3.63, 3.8) is 0 Å². The fourth-order valence-corrected chi connectivity index (χ4v) is 2.19. The van der Waals surface area contributed by atoms with E-state index < -0.39 is 6.61 Å². The Hall–Kier alpha value is -3.42. The Morgan fingerprint density at radius 1 is 1.04 bits per heavy atom. The Kier molecular flexibility index (Phi) is 7.95. The molecule has 0 atom stereocenters. The fourth-order valence-electron chi connectivity index (χ4n) is 2.19. The van der Waals surface area contributed by atoms with E-state index in [-0.39, 0.29) is 30.5 Å². The van der Waals surface area contributed by atoms with Crippen molar-refractivity contribution in [2.24, 2.45) is 0 Å². The highest BCUT2D eigenvalue weighted by Gasteiger charge is 2.06. The minimum atomic E-state index is -2.90. The van der Waals surface area contributed by atoms with Crippen LogP contribution >= 0.6 is 0 Å². The second-order valence-corrected chi connectivity index (χ2v) is 5.60. The fraction of sp³-hybridized carbons (Fsp3) is 0.200. The molecule has 0 saturated heterocycles. The molecule has 8 heteroatoms. The highest BCUT2D eigenvalue weighted by molar-refractivity contribution is 5.93. The largest absolute Gasteiger partial charge is 0.497 e. The number of ether oxygens (including phenoxy) is 2. The summed E-state index contributed by atoms with van der Waals surface area (Å²) in [7, 11) is 1.57. The zero-order chi connectivity index (χ0) is 20.4. The number of hydrogen-bond acceptors (Lipinski definition) is 4. The minimum absolute atomic E-state index is 0.00362. The Balaban J connectivity index is 1.70. The first-order valence-corrected chi connectivity index (χ1v) is 8.41. The topological polar surface area (TPSA) is 76.7 Å². The van der Waals surface area contributed by atoms with Gasteiger partial charge in [-0.25, -0.2) is 0 Å². The number of halogens is 2. The molecule has 148 valence electrons. The molecule has 2 N–H and O–H groups in total.